The number of carbonyl (C=O) groups is 1. The van der Waals surface area contributed by atoms with Gasteiger partial charge in [0.1, 0.15) is 13.1 Å². The maximum Gasteiger partial charge on any atom is 0.275 e. The van der Waals surface area contributed by atoms with E-state index in [4.69, 9.17) is 14.2 Å². The molecule has 1 saturated heterocycles. The fourth-order valence-electron chi connectivity index (χ4n) is 2.51. The third-order valence-electron chi connectivity index (χ3n) is 3.79. The first-order chi connectivity index (χ1) is 10.7. The van der Waals surface area contributed by atoms with E-state index in [9.17, 15) is 4.79 Å². The summed E-state index contributed by atoms with van der Waals surface area (Å²) in [5.41, 5.74) is 1.11. The van der Waals surface area contributed by atoms with Crippen LogP contribution in [-0.2, 0) is 16.0 Å². The lowest BCUT2D eigenvalue weighted by molar-refractivity contribution is -0.900. The SMILES string of the molecule is COc1ccc(CCNC(=O)C[NH+]2CCOCC2)cc1OC. The molecule has 1 aliphatic rings. The second-order valence-corrected chi connectivity index (χ2v) is 5.33. The van der Waals surface area contributed by atoms with Crippen molar-refractivity contribution in [2.24, 2.45) is 0 Å². The fraction of sp³-hybridized carbons (Fsp3) is 0.562. The smallest absolute Gasteiger partial charge is 0.275 e. The quantitative estimate of drug-likeness (QED) is 0.698. The maximum absolute atomic E-state index is 11.9. The van der Waals surface area contributed by atoms with E-state index in [2.05, 4.69) is 5.32 Å². The molecule has 0 unspecified atom stereocenters. The monoisotopic (exact) mass is 309 g/mol. The highest BCUT2D eigenvalue weighted by Crippen LogP contribution is 2.27. The predicted octanol–water partition coefficient (Wildman–Crippen LogP) is -0.722. The Hall–Kier alpha value is -1.79. The molecule has 0 atom stereocenters. The number of morpholine rings is 1. The van der Waals surface area contributed by atoms with Gasteiger partial charge in [-0.3, -0.25) is 4.79 Å². The van der Waals surface area contributed by atoms with Crippen LogP contribution in [0.25, 0.3) is 0 Å². The minimum absolute atomic E-state index is 0.0948. The molecule has 1 amide bonds. The average molecular weight is 309 g/mol. The third kappa shape index (κ3) is 4.89. The Labute approximate surface area is 131 Å². The lowest BCUT2D eigenvalue weighted by atomic mass is 10.1. The highest BCUT2D eigenvalue weighted by atomic mass is 16.5. The van der Waals surface area contributed by atoms with Gasteiger partial charge in [-0.2, -0.15) is 0 Å². The van der Waals surface area contributed by atoms with Gasteiger partial charge in [-0.15, -0.1) is 0 Å². The van der Waals surface area contributed by atoms with Crippen LogP contribution in [0.3, 0.4) is 0 Å². The number of hydrogen-bond acceptors (Lipinski definition) is 4. The van der Waals surface area contributed by atoms with Crippen LogP contribution in [0.2, 0.25) is 0 Å². The van der Waals surface area contributed by atoms with Crippen molar-refractivity contribution in [2.45, 2.75) is 6.42 Å². The van der Waals surface area contributed by atoms with E-state index in [0.29, 0.717) is 24.6 Å². The van der Waals surface area contributed by atoms with Crippen molar-refractivity contribution in [3.8, 4) is 11.5 Å². The van der Waals surface area contributed by atoms with Gasteiger partial charge in [0, 0.05) is 6.54 Å². The molecule has 2 rings (SSSR count). The summed E-state index contributed by atoms with van der Waals surface area (Å²) in [5.74, 6) is 1.52. The molecule has 0 radical (unpaired) electrons. The highest BCUT2D eigenvalue weighted by molar-refractivity contribution is 5.76. The first-order valence-electron chi connectivity index (χ1n) is 7.62. The van der Waals surface area contributed by atoms with Crippen LogP contribution in [0.4, 0.5) is 0 Å². The summed E-state index contributed by atoms with van der Waals surface area (Å²) in [5, 5.41) is 2.97. The van der Waals surface area contributed by atoms with E-state index in [0.717, 1.165) is 38.3 Å². The minimum Gasteiger partial charge on any atom is -0.493 e. The summed E-state index contributed by atoms with van der Waals surface area (Å²) < 4.78 is 15.8. The van der Waals surface area contributed by atoms with Crippen LogP contribution in [-0.4, -0.2) is 59.5 Å². The Morgan fingerprint density at radius 3 is 2.64 bits per heavy atom. The maximum atomic E-state index is 11.9. The summed E-state index contributed by atoms with van der Waals surface area (Å²) in [7, 11) is 3.24. The molecule has 6 nitrogen and oxygen atoms in total. The van der Waals surface area contributed by atoms with Crippen LogP contribution in [0.15, 0.2) is 18.2 Å². The normalized spacial score (nSPS) is 15.4. The van der Waals surface area contributed by atoms with E-state index in [1.807, 2.05) is 18.2 Å². The topological polar surface area (TPSA) is 61.2 Å². The minimum atomic E-state index is 0.0948. The van der Waals surface area contributed by atoms with Crippen LogP contribution < -0.4 is 19.7 Å². The summed E-state index contributed by atoms with van der Waals surface area (Å²) in [6.07, 6.45) is 0.768. The second-order valence-electron chi connectivity index (χ2n) is 5.33. The van der Waals surface area contributed by atoms with Gasteiger partial charge in [-0.05, 0) is 24.1 Å². The van der Waals surface area contributed by atoms with Crippen molar-refractivity contribution in [1.29, 1.82) is 0 Å². The number of rotatable bonds is 7. The number of carbonyl (C=O) groups excluding carboxylic acids is 1. The van der Waals surface area contributed by atoms with E-state index in [1.54, 1.807) is 14.2 Å². The molecule has 6 heteroatoms. The van der Waals surface area contributed by atoms with Gasteiger partial charge < -0.3 is 24.4 Å². The largest absolute Gasteiger partial charge is 0.493 e. The van der Waals surface area contributed by atoms with Crippen molar-refractivity contribution >= 4 is 5.91 Å². The van der Waals surface area contributed by atoms with Crippen molar-refractivity contribution in [3.05, 3.63) is 23.8 Å². The molecule has 1 heterocycles. The van der Waals surface area contributed by atoms with Gasteiger partial charge in [0.05, 0.1) is 27.4 Å². The molecule has 1 aromatic carbocycles. The number of benzene rings is 1. The van der Waals surface area contributed by atoms with Gasteiger partial charge in [0.15, 0.2) is 18.0 Å². The van der Waals surface area contributed by atoms with Crippen LogP contribution in [0.5, 0.6) is 11.5 Å². The van der Waals surface area contributed by atoms with E-state index in [1.165, 1.54) is 4.90 Å². The third-order valence-corrected chi connectivity index (χ3v) is 3.79. The summed E-state index contributed by atoms with van der Waals surface area (Å²) in [6.45, 7) is 4.45. The van der Waals surface area contributed by atoms with Crippen molar-refractivity contribution < 1.29 is 23.9 Å². The number of hydrogen-bond donors (Lipinski definition) is 2. The van der Waals surface area contributed by atoms with Gasteiger partial charge in [-0.1, -0.05) is 6.07 Å². The molecule has 0 bridgehead atoms. The van der Waals surface area contributed by atoms with Gasteiger partial charge in [-0.25, -0.2) is 0 Å². The standard InChI is InChI=1S/C16H24N2O4/c1-20-14-4-3-13(11-15(14)21-2)5-6-17-16(19)12-18-7-9-22-10-8-18/h3-4,11H,5-10,12H2,1-2H3,(H,17,19)/p+1. The molecule has 1 fully saturated rings. The summed E-state index contributed by atoms with van der Waals surface area (Å²) in [6, 6.07) is 5.81. The molecular formula is C16H25N2O4+. The Balaban J connectivity index is 1.74. The molecule has 0 saturated carbocycles. The number of amides is 1. The average Bonchev–Trinajstić information content (AvgIpc) is 2.55. The van der Waals surface area contributed by atoms with Gasteiger partial charge in [0.25, 0.3) is 5.91 Å². The number of nitrogens with one attached hydrogen (secondary N) is 2. The fourth-order valence-corrected chi connectivity index (χ4v) is 2.51. The Kier molecular flexibility index (Phi) is 6.48. The van der Waals surface area contributed by atoms with Crippen LogP contribution in [0, 0.1) is 0 Å². The molecule has 1 aliphatic heterocycles. The number of quaternary nitrogens is 1. The van der Waals surface area contributed by atoms with E-state index >= 15 is 0 Å². The first kappa shape index (κ1) is 16.6. The van der Waals surface area contributed by atoms with Crippen molar-refractivity contribution in [3.63, 3.8) is 0 Å². The molecule has 1 aromatic rings. The lowest BCUT2D eigenvalue weighted by Crippen LogP contribution is -3.15. The van der Waals surface area contributed by atoms with Crippen LogP contribution >= 0.6 is 0 Å². The van der Waals surface area contributed by atoms with Gasteiger partial charge in [0.2, 0.25) is 0 Å². The Morgan fingerprint density at radius 1 is 1.23 bits per heavy atom. The molecule has 122 valence electrons. The Bertz CT molecular complexity index is 487. The van der Waals surface area contributed by atoms with E-state index in [-0.39, 0.29) is 5.91 Å². The molecule has 0 spiro atoms. The highest BCUT2D eigenvalue weighted by Gasteiger charge is 2.17. The molecule has 0 aliphatic carbocycles. The lowest BCUT2D eigenvalue weighted by Gasteiger charge is -2.23. The zero-order valence-electron chi connectivity index (χ0n) is 13.3. The van der Waals surface area contributed by atoms with E-state index < -0.39 is 0 Å². The van der Waals surface area contributed by atoms with Crippen molar-refractivity contribution in [2.75, 3.05) is 53.6 Å². The number of ether oxygens (including phenoxy) is 3. The molecular weight excluding hydrogens is 284 g/mol. The summed E-state index contributed by atoms with van der Waals surface area (Å²) in [4.78, 5) is 13.2. The van der Waals surface area contributed by atoms with Crippen molar-refractivity contribution in [1.82, 2.24) is 5.32 Å². The molecule has 22 heavy (non-hydrogen) atoms. The zero-order valence-corrected chi connectivity index (χ0v) is 13.3. The Morgan fingerprint density at radius 2 is 1.95 bits per heavy atom. The molecule has 0 aromatic heterocycles. The number of methoxy groups -OCH3 is 2. The van der Waals surface area contributed by atoms with Crippen LogP contribution in [0.1, 0.15) is 5.56 Å². The predicted molar refractivity (Wildman–Crippen MR) is 82.6 cm³/mol. The molecule has 2 N–H and O–H groups in total. The zero-order chi connectivity index (χ0) is 15.8. The first-order valence-corrected chi connectivity index (χ1v) is 7.62. The second kappa shape index (κ2) is 8.60. The van der Waals surface area contributed by atoms with Gasteiger partial charge >= 0.3 is 0 Å². The summed E-state index contributed by atoms with van der Waals surface area (Å²) >= 11 is 0.